The van der Waals surface area contributed by atoms with Crippen LogP contribution < -0.4 is 0 Å². The number of hydrogen-bond donors (Lipinski definition) is 1. The highest BCUT2D eigenvalue weighted by Crippen LogP contribution is 2.22. The summed E-state index contributed by atoms with van der Waals surface area (Å²) in [5.41, 5.74) is 0.557. The standard InChI is InChI=1S/C14H19IN2O2/c1-9-7-17(8-10(2)16(9)3)14(19)11-4-5-12(15)13(18)6-11/h4-6,9-10,18H,7-8H2,1-3H3. The third-order valence-electron chi connectivity index (χ3n) is 3.84. The predicted molar refractivity (Wildman–Crippen MR) is 83.4 cm³/mol. The number of piperazine rings is 1. The maximum absolute atomic E-state index is 12.5. The lowest BCUT2D eigenvalue weighted by Gasteiger charge is -2.42. The van der Waals surface area contributed by atoms with Crippen LogP contribution in [0.4, 0.5) is 0 Å². The van der Waals surface area contributed by atoms with Crippen LogP contribution in [-0.2, 0) is 0 Å². The van der Waals surface area contributed by atoms with Crippen molar-refractivity contribution in [2.75, 3.05) is 20.1 Å². The minimum absolute atomic E-state index is 0.00139. The summed E-state index contributed by atoms with van der Waals surface area (Å²) >= 11 is 2.05. The van der Waals surface area contributed by atoms with Crippen LogP contribution in [0.1, 0.15) is 24.2 Å². The number of nitrogens with zero attached hydrogens (tertiary/aromatic N) is 2. The molecule has 0 aliphatic carbocycles. The zero-order valence-corrected chi connectivity index (χ0v) is 13.6. The molecule has 0 bridgehead atoms. The highest BCUT2D eigenvalue weighted by atomic mass is 127. The Morgan fingerprint density at radius 1 is 1.32 bits per heavy atom. The molecule has 1 aliphatic rings. The Labute approximate surface area is 127 Å². The van der Waals surface area contributed by atoms with Crippen molar-refractivity contribution in [2.24, 2.45) is 0 Å². The number of likely N-dealkylation sites (N-methyl/N-ethyl adjacent to an activating group) is 1. The number of carbonyl (C=O) groups excluding carboxylic acids is 1. The van der Waals surface area contributed by atoms with E-state index in [1.807, 2.05) is 27.5 Å². The molecular weight excluding hydrogens is 355 g/mol. The highest BCUT2D eigenvalue weighted by Gasteiger charge is 2.29. The second-order valence-corrected chi connectivity index (χ2v) is 6.40. The number of amides is 1. The number of halogens is 1. The fraction of sp³-hybridized carbons (Fsp3) is 0.500. The molecule has 1 N–H and O–H groups in total. The summed E-state index contributed by atoms with van der Waals surface area (Å²) < 4.78 is 0.759. The van der Waals surface area contributed by atoms with Gasteiger partial charge in [0.25, 0.3) is 5.91 Å². The van der Waals surface area contributed by atoms with E-state index in [-0.39, 0.29) is 11.7 Å². The van der Waals surface area contributed by atoms with E-state index in [9.17, 15) is 9.90 Å². The Balaban J connectivity index is 2.17. The number of hydrogen-bond acceptors (Lipinski definition) is 3. The molecule has 104 valence electrons. The predicted octanol–water partition coefficient (Wildman–Crippen LogP) is 2.16. The number of carbonyl (C=O) groups is 1. The molecule has 1 aromatic carbocycles. The van der Waals surface area contributed by atoms with E-state index in [1.165, 1.54) is 0 Å². The van der Waals surface area contributed by atoms with Crippen LogP contribution in [0.15, 0.2) is 18.2 Å². The van der Waals surface area contributed by atoms with E-state index in [0.717, 1.165) is 16.7 Å². The van der Waals surface area contributed by atoms with Crippen molar-refractivity contribution in [3.8, 4) is 5.75 Å². The van der Waals surface area contributed by atoms with Crippen LogP contribution in [0.5, 0.6) is 5.75 Å². The van der Waals surface area contributed by atoms with Crippen molar-refractivity contribution in [1.82, 2.24) is 9.80 Å². The van der Waals surface area contributed by atoms with Gasteiger partial charge in [-0.15, -0.1) is 0 Å². The average molecular weight is 374 g/mol. The van der Waals surface area contributed by atoms with Crippen molar-refractivity contribution in [2.45, 2.75) is 25.9 Å². The number of phenolic OH excluding ortho intramolecular Hbond substituents is 1. The van der Waals surface area contributed by atoms with Gasteiger partial charge in [0.2, 0.25) is 0 Å². The topological polar surface area (TPSA) is 43.8 Å². The maximum atomic E-state index is 12.5. The van der Waals surface area contributed by atoms with Crippen molar-refractivity contribution in [3.05, 3.63) is 27.3 Å². The van der Waals surface area contributed by atoms with E-state index in [1.54, 1.807) is 18.2 Å². The molecule has 19 heavy (non-hydrogen) atoms. The molecule has 0 spiro atoms. The number of rotatable bonds is 1. The van der Waals surface area contributed by atoms with Crippen molar-refractivity contribution in [1.29, 1.82) is 0 Å². The first kappa shape index (κ1) is 14.6. The molecule has 2 atom stereocenters. The molecule has 4 nitrogen and oxygen atoms in total. The smallest absolute Gasteiger partial charge is 0.254 e. The average Bonchev–Trinajstić information content (AvgIpc) is 2.37. The van der Waals surface area contributed by atoms with Crippen LogP contribution >= 0.6 is 22.6 Å². The summed E-state index contributed by atoms with van der Waals surface area (Å²) in [6, 6.07) is 5.80. The second kappa shape index (κ2) is 5.66. The summed E-state index contributed by atoms with van der Waals surface area (Å²) in [5, 5.41) is 9.71. The second-order valence-electron chi connectivity index (χ2n) is 5.24. The Morgan fingerprint density at radius 3 is 2.42 bits per heavy atom. The van der Waals surface area contributed by atoms with Gasteiger partial charge in [0.05, 0.1) is 3.57 Å². The molecule has 2 rings (SSSR count). The highest BCUT2D eigenvalue weighted by molar-refractivity contribution is 14.1. The lowest BCUT2D eigenvalue weighted by Crippen LogP contribution is -2.56. The molecule has 1 amide bonds. The van der Waals surface area contributed by atoms with Crippen molar-refractivity contribution in [3.63, 3.8) is 0 Å². The Kier molecular flexibility index (Phi) is 4.35. The molecule has 1 aliphatic heterocycles. The van der Waals surface area contributed by atoms with Crippen LogP contribution in [0, 0.1) is 3.57 Å². The summed E-state index contributed by atoms with van der Waals surface area (Å²) in [4.78, 5) is 16.6. The molecule has 1 heterocycles. The molecule has 1 saturated heterocycles. The van der Waals surface area contributed by atoms with Crippen LogP contribution in [0.2, 0.25) is 0 Å². The van der Waals surface area contributed by atoms with Gasteiger partial charge in [-0.25, -0.2) is 0 Å². The van der Waals surface area contributed by atoms with Gasteiger partial charge in [-0.05, 0) is 61.7 Å². The van der Waals surface area contributed by atoms with E-state index in [2.05, 4.69) is 25.8 Å². The first-order valence-electron chi connectivity index (χ1n) is 6.40. The molecular formula is C14H19IN2O2. The Bertz CT molecular complexity index is 480. The number of benzene rings is 1. The zero-order chi connectivity index (χ0) is 14.2. The molecule has 0 aromatic heterocycles. The van der Waals surface area contributed by atoms with Gasteiger partial charge in [-0.1, -0.05) is 0 Å². The molecule has 5 heteroatoms. The monoisotopic (exact) mass is 374 g/mol. The van der Waals surface area contributed by atoms with Gasteiger partial charge >= 0.3 is 0 Å². The fourth-order valence-electron chi connectivity index (χ4n) is 2.40. The van der Waals surface area contributed by atoms with E-state index < -0.39 is 0 Å². The summed E-state index contributed by atoms with van der Waals surface area (Å²) in [7, 11) is 2.09. The molecule has 0 saturated carbocycles. The molecule has 0 radical (unpaired) electrons. The zero-order valence-electron chi connectivity index (χ0n) is 11.4. The number of aromatic hydroxyl groups is 1. The molecule has 2 unspecified atom stereocenters. The summed E-state index contributed by atoms with van der Waals surface area (Å²) in [6.45, 7) is 5.71. The van der Waals surface area contributed by atoms with Crippen molar-refractivity contribution >= 4 is 28.5 Å². The first-order valence-corrected chi connectivity index (χ1v) is 7.47. The Hall–Kier alpha value is -0.820. The molecule has 1 fully saturated rings. The largest absolute Gasteiger partial charge is 0.507 e. The third-order valence-corrected chi connectivity index (χ3v) is 4.75. The van der Waals surface area contributed by atoms with Gasteiger partial charge in [0.1, 0.15) is 5.75 Å². The van der Waals surface area contributed by atoms with Crippen LogP contribution in [0.3, 0.4) is 0 Å². The fourth-order valence-corrected chi connectivity index (χ4v) is 2.73. The number of phenols is 1. The first-order chi connectivity index (χ1) is 8.90. The third kappa shape index (κ3) is 3.02. The van der Waals surface area contributed by atoms with Crippen molar-refractivity contribution < 1.29 is 9.90 Å². The van der Waals surface area contributed by atoms with Gasteiger partial charge in [-0.3, -0.25) is 9.69 Å². The minimum atomic E-state index is -0.00139. The maximum Gasteiger partial charge on any atom is 0.254 e. The van der Waals surface area contributed by atoms with E-state index in [0.29, 0.717) is 17.6 Å². The lowest BCUT2D eigenvalue weighted by atomic mass is 10.1. The van der Waals surface area contributed by atoms with Crippen LogP contribution in [-0.4, -0.2) is 53.0 Å². The molecule has 1 aromatic rings. The minimum Gasteiger partial charge on any atom is -0.507 e. The SMILES string of the molecule is CC1CN(C(=O)c2ccc(I)c(O)c2)CC(C)N1C. The van der Waals surface area contributed by atoms with Gasteiger partial charge in [0.15, 0.2) is 0 Å². The quantitative estimate of drug-likeness (QED) is 0.767. The van der Waals surface area contributed by atoms with Gasteiger partial charge < -0.3 is 10.0 Å². The lowest BCUT2D eigenvalue weighted by molar-refractivity contribution is 0.0414. The normalized spacial score (nSPS) is 24.5. The van der Waals surface area contributed by atoms with Gasteiger partial charge in [0, 0.05) is 30.7 Å². The van der Waals surface area contributed by atoms with Gasteiger partial charge in [-0.2, -0.15) is 0 Å². The summed E-state index contributed by atoms with van der Waals surface area (Å²) in [5.74, 6) is 0.167. The van der Waals surface area contributed by atoms with Crippen LogP contribution in [0.25, 0.3) is 0 Å². The van der Waals surface area contributed by atoms with E-state index in [4.69, 9.17) is 0 Å². The Morgan fingerprint density at radius 2 is 1.89 bits per heavy atom. The summed E-state index contributed by atoms with van der Waals surface area (Å²) in [6.07, 6.45) is 0. The van der Waals surface area contributed by atoms with E-state index >= 15 is 0 Å².